The molecule has 0 atom stereocenters. The van der Waals surface area contributed by atoms with Gasteiger partial charge in [0.1, 0.15) is 5.82 Å². The molecule has 2 aromatic carbocycles. The Morgan fingerprint density at radius 1 is 0.818 bits per heavy atom. The molecule has 2 aliphatic rings. The lowest BCUT2D eigenvalue weighted by Crippen LogP contribution is -2.32. The zero-order valence-corrected chi connectivity index (χ0v) is 24.7. The minimum Gasteiger partial charge on any atom is -0.356 e. The van der Waals surface area contributed by atoms with E-state index in [1.54, 1.807) is 11.9 Å². The van der Waals surface area contributed by atoms with Crippen molar-refractivity contribution in [3.05, 3.63) is 69.8 Å². The number of rotatable bonds is 10. The molecule has 4 aromatic rings. The number of aromatic nitrogens is 5. The first-order chi connectivity index (χ1) is 20.7. The van der Waals surface area contributed by atoms with Gasteiger partial charge in [-0.3, -0.25) is 0 Å². The van der Waals surface area contributed by atoms with Crippen LogP contribution in [-0.2, 0) is 32.5 Å². The first kappa shape index (κ1) is 30.1. The monoisotopic (exact) mass is 617 g/mol. The fraction of sp³-hybridized carbons (Fsp3) is 0.484. The molecule has 0 amide bonds. The largest absolute Gasteiger partial charge is 0.416 e. The van der Waals surface area contributed by atoms with E-state index in [0.717, 1.165) is 84.3 Å². The molecule has 2 aromatic heterocycles. The van der Waals surface area contributed by atoms with Crippen molar-refractivity contribution in [1.82, 2.24) is 25.2 Å². The van der Waals surface area contributed by atoms with Crippen LogP contribution in [0.3, 0.4) is 0 Å². The van der Waals surface area contributed by atoms with Gasteiger partial charge in [0.25, 0.3) is 5.95 Å². The van der Waals surface area contributed by atoms with Gasteiger partial charge in [0.05, 0.1) is 23.7 Å². The Labute approximate surface area is 250 Å². The SMILES string of the molecule is Cc1ccc2cc(CN(Cc3cc(C(F)(F)F)cc(C(F)(F)F)c3)c3nnn(C)n3)c(N(CC3CC3)CC3CC3)nc2c1C. The van der Waals surface area contributed by atoms with Gasteiger partial charge < -0.3 is 9.80 Å². The van der Waals surface area contributed by atoms with Gasteiger partial charge in [-0.15, -0.1) is 5.10 Å². The van der Waals surface area contributed by atoms with E-state index in [1.165, 1.54) is 4.80 Å². The Morgan fingerprint density at radius 2 is 1.43 bits per heavy atom. The van der Waals surface area contributed by atoms with E-state index in [-0.39, 0.29) is 30.7 Å². The van der Waals surface area contributed by atoms with Crippen molar-refractivity contribution in [2.75, 3.05) is 22.9 Å². The summed E-state index contributed by atoms with van der Waals surface area (Å²) in [6.07, 6.45) is -5.32. The summed E-state index contributed by atoms with van der Waals surface area (Å²) >= 11 is 0. The molecule has 0 aliphatic heterocycles. The minimum atomic E-state index is -4.96. The smallest absolute Gasteiger partial charge is 0.356 e. The number of pyridine rings is 1. The second kappa shape index (κ2) is 11.2. The van der Waals surface area contributed by atoms with Crippen molar-refractivity contribution >= 4 is 22.7 Å². The number of halogens is 6. The molecule has 0 radical (unpaired) electrons. The van der Waals surface area contributed by atoms with Crippen LogP contribution in [0.1, 0.15) is 59.1 Å². The van der Waals surface area contributed by atoms with Crippen LogP contribution in [0.25, 0.3) is 10.9 Å². The number of alkyl halides is 6. The van der Waals surface area contributed by atoms with Crippen LogP contribution in [0.15, 0.2) is 36.4 Å². The minimum absolute atomic E-state index is 0.0838. The standard InChI is InChI=1S/C31H33F6N7/c1-18-4-9-23-12-24(28(38-27(23)19(18)2)43(14-20-5-6-20)15-21-7-8-21)17-44(29-39-41-42(3)40-29)16-22-10-25(30(32,33)34)13-26(11-22)31(35,36)37/h4,9-13,20-21H,5-8,14-17H2,1-3H3. The average Bonchev–Trinajstić information content (AvgIpc) is 3.89. The molecule has 2 heterocycles. The van der Waals surface area contributed by atoms with E-state index >= 15 is 0 Å². The van der Waals surface area contributed by atoms with Crippen LogP contribution >= 0.6 is 0 Å². The summed E-state index contributed by atoms with van der Waals surface area (Å²) in [7, 11) is 1.54. The number of fused-ring (bicyclic) bond motifs is 1. The van der Waals surface area contributed by atoms with Gasteiger partial charge in [-0.05, 0) is 97.5 Å². The number of anilines is 2. The second-order valence-electron chi connectivity index (χ2n) is 12.2. The van der Waals surface area contributed by atoms with Crippen LogP contribution in [0.5, 0.6) is 0 Å². The van der Waals surface area contributed by atoms with Crippen molar-refractivity contribution in [3.8, 4) is 0 Å². The lowest BCUT2D eigenvalue weighted by Gasteiger charge is -2.29. The Kier molecular flexibility index (Phi) is 7.69. The maximum Gasteiger partial charge on any atom is 0.416 e. The summed E-state index contributed by atoms with van der Waals surface area (Å²) in [5.41, 5.74) is 0.921. The summed E-state index contributed by atoms with van der Waals surface area (Å²) in [5, 5.41) is 13.1. The molecule has 0 bridgehead atoms. The van der Waals surface area contributed by atoms with Gasteiger partial charge in [0, 0.05) is 37.1 Å². The molecule has 2 saturated carbocycles. The van der Waals surface area contributed by atoms with Crippen molar-refractivity contribution < 1.29 is 26.3 Å². The number of hydrogen-bond acceptors (Lipinski definition) is 6. The van der Waals surface area contributed by atoms with E-state index in [4.69, 9.17) is 4.98 Å². The topological polar surface area (TPSA) is 63.0 Å². The first-order valence-corrected chi connectivity index (χ1v) is 14.7. The Hall–Kier alpha value is -3.90. The fourth-order valence-electron chi connectivity index (χ4n) is 5.51. The molecule has 13 heteroatoms. The lowest BCUT2D eigenvalue weighted by molar-refractivity contribution is -0.143. The number of aryl methyl sites for hydroxylation is 3. The van der Waals surface area contributed by atoms with Gasteiger partial charge >= 0.3 is 12.4 Å². The van der Waals surface area contributed by atoms with Crippen LogP contribution in [0.4, 0.5) is 38.1 Å². The third kappa shape index (κ3) is 6.76. The number of hydrogen-bond donors (Lipinski definition) is 0. The highest BCUT2D eigenvalue weighted by Crippen LogP contribution is 2.39. The molecule has 44 heavy (non-hydrogen) atoms. The van der Waals surface area contributed by atoms with Crippen molar-refractivity contribution in [1.29, 1.82) is 0 Å². The van der Waals surface area contributed by atoms with Crippen LogP contribution in [0, 0.1) is 25.7 Å². The third-order valence-corrected chi connectivity index (χ3v) is 8.38. The lowest BCUT2D eigenvalue weighted by atomic mass is 10.0. The van der Waals surface area contributed by atoms with E-state index in [2.05, 4.69) is 20.3 Å². The number of nitrogens with zero attached hydrogens (tertiary/aromatic N) is 7. The average molecular weight is 618 g/mol. The molecule has 0 spiro atoms. The van der Waals surface area contributed by atoms with Gasteiger partial charge in [0.15, 0.2) is 0 Å². The molecule has 234 valence electrons. The zero-order valence-electron chi connectivity index (χ0n) is 24.7. The van der Waals surface area contributed by atoms with Crippen molar-refractivity contribution in [2.24, 2.45) is 18.9 Å². The van der Waals surface area contributed by atoms with Crippen LogP contribution < -0.4 is 9.80 Å². The highest BCUT2D eigenvalue weighted by Gasteiger charge is 2.37. The predicted octanol–water partition coefficient (Wildman–Crippen LogP) is 7.25. The Morgan fingerprint density at radius 3 is 1.95 bits per heavy atom. The van der Waals surface area contributed by atoms with Gasteiger partial charge in [-0.1, -0.05) is 17.2 Å². The molecule has 2 fully saturated rings. The molecular weight excluding hydrogens is 584 g/mol. The van der Waals surface area contributed by atoms with Gasteiger partial charge in [0.2, 0.25) is 0 Å². The highest BCUT2D eigenvalue weighted by atomic mass is 19.4. The quantitative estimate of drug-likeness (QED) is 0.175. The van der Waals surface area contributed by atoms with E-state index in [1.807, 2.05) is 32.0 Å². The normalized spacial score (nSPS) is 15.7. The first-order valence-electron chi connectivity index (χ1n) is 14.7. The maximum atomic E-state index is 13.7. The number of tetrazole rings is 1. The highest BCUT2D eigenvalue weighted by molar-refractivity contribution is 5.85. The second-order valence-corrected chi connectivity index (χ2v) is 12.2. The fourth-order valence-corrected chi connectivity index (χ4v) is 5.51. The Bertz CT molecular complexity index is 1620. The molecular formula is C31H33F6N7. The summed E-state index contributed by atoms with van der Waals surface area (Å²) in [6, 6.07) is 7.65. The maximum absolute atomic E-state index is 13.7. The molecule has 2 aliphatic carbocycles. The predicted molar refractivity (Wildman–Crippen MR) is 154 cm³/mol. The zero-order chi connectivity index (χ0) is 31.4. The van der Waals surface area contributed by atoms with Gasteiger partial charge in [-0.25, -0.2) is 4.98 Å². The van der Waals surface area contributed by atoms with E-state index in [0.29, 0.717) is 11.8 Å². The molecule has 0 saturated heterocycles. The van der Waals surface area contributed by atoms with Crippen LogP contribution in [-0.4, -0.2) is 38.3 Å². The van der Waals surface area contributed by atoms with Crippen molar-refractivity contribution in [2.45, 2.75) is 65.0 Å². The summed E-state index contributed by atoms with van der Waals surface area (Å²) in [5.74, 6) is 2.00. The molecule has 0 unspecified atom stereocenters. The third-order valence-electron chi connectivity index (χ3n) is 8.38. The summed E-state index contributed by atoms with van der Waals surface area (Å²) in [6.45, 7) is 5.54. The summed E-state index contributed by atoms with van der Waals surface area (Å²) in [4.78, 5) is 10.3. The molecule has 0 N–H and O–H groups in total. The van der Waals surface area contributed by atoms with Crippen LogP contribution in [0.2, 0.25) is 0 Å². The van der Waals surface area contributed by atoms with E-state index < -0.39 is 23.5 Å². The summed E-state index contributed by atoms with van der Waals surface area (Å²) < 4.78 is 82.1. The Balaban J connectivity index is 1.45. The molecule has 6 rings (SSSR count). The van der Waals surface area contributed by atoms with Crippen molar-refractivity contribution in [3.63, 3.8) is 0 Å². The number of benzene rings is 2. The van der Waals surface area contributed by atoms with E-state index in [9.17, 15) is 26.3 Å². The molecule has 7 nitrogen and oxygen atoms in total. The van der Waals surface area contributed by atoms with Gasteiger partial charge in [-0.2, -0.15) is 31.1 Å².